The molecule has 1 aromatic carbocycles. The van der Waals surface area contributed by atoms with E-state index in [1.165, 1.54) is 5.69 Å². The Labute approximate surface area is 177 Å². The first-order valence-corrected chi connectivity index (χ1v) is 10.4. The molecule has 0 atom stereocenters. The van der Waals surface area contributed by atoms with Crippen LogP contribution in [0.4, 0.5) is 0 Å². The van der Waals surface area contributed by atoms with Crippen molar-refractivity contribution < 1.29 is 4.74 Å². The molecule has 0 radical (unpaired) electrons. The fourth-order valence-electron chi connectivity index (χ4n) is 3.64. The smallest absolute Gasteiger partial charge is 0.137 e. The number of benzene rings is 1. The SMILES string of the molecule is C=C(C)COc1ccc(-c2nc3ccc(Cl)cn3c2CN2CCCNCC2)cc1. The number of hydrogen-bond acceptors (Lipinski definition) is 4. The molecule has 0 unspecified atom stereocenters. The highest BCUT2D eigenvalue weighted by Gasteiger charge is 2.18. The van der Waals surface area contributed by atoms with Gasteiger partial charge in [0.1, 0.15) is 18.0 Å². The van der Waals surface area contributed by atoms with E-state index in [2.05, 4.69) is 33.3 Å². The molecule has 1 fully saturated rings. The highest BCUT2D eigenvalue weighted by molar-refractivity contribution is 6.30. The Hall–Kier alpha value is -2.34. The summed E-state index contributed by atoms with van der Waals surface area (Å²) in [7, 11) is 0. The molecule has 0 spiro atoms. The third-order valence-electron chi connectivity index (χ3n) is 5.10. The molecule has 6 heteroatoms. The number of aromatic nitrogens is 2. The summed E-state index contributed by atoms with van der Waals surface area (Å²) < 4.78 is 7.87. The Bertz CT molecular complexity index is 988. The third kappa shape index (κ3) is 4.81. The van der Waals surface area contributed by atoms with E-state index in [0.29, 0.717) is 11.6 Å². The zero-order chi connectivity index (χ0) is 20.2. The van der Waals surface area contributed by atoms with Gasteiger partial charge < -0.3 is 14.5 Å². The van der Waals surface area contributed by atoms with Crippen LogP contribution in [0.2, 0.25) is 5.02 Å². The molecule has 1 aliphatic heterocycles. The summed E-state index contributed by atoms with van der Waals surface area (Å²) in [6, 6.07) is 12.0. The van der Waals surface area contributed by atoms with Gasteiger partial charge in [0.15, 0.2) is 0 Å². The van der Waals surface area contributed by atoms with Crippen LogP contribution in [0.3, 0.4) is 0 Å². The maximum atomic E-state index is 6.30. The molecule has 1 aliphatic rings. The van der Waals surface area contributed by atoms with Crippen LogP contribution in [0.15, 0.2) is 54.7 Å². The number of halogens is 1. The van der Waals surface area contributed by atoms with Crippen LogP contribution in [0.5, 0.6) is 5.75 Å². The second-order valence-electron chi connectivity index (χ2n) is 7.63. The lowest BCUT2D eigenvalue weighted by molar-refractivity contribution is 0.281. The summed E-state index contributed by atoms with van der Waals surface area (Å²) in [4.78, 5) is 7.41. The number of hydrogen-bond donors (Lipinski definition) is 1. The van der Waals surface area contributed by atoms with Crippen molar-refractivity contribution >= 4 is 17.2 Å². The van der Waals surface area contributed by atoms with Gasteiger partial charge in [0.2, 0.25) is 0 Å². The Kier molecular flexibility index (Phi) is 6.19. The number of ether oxygens (including phenoxy) is 1. The fraction of sp³-hybridized carbons (Fsp3) is 0.348. The van der Waals surface area contributed by atoms with Crippen molar-refractivity contribution in [2.75, 3.05) is 32.8 Å². The zero-order valence-electron chi connectivity index (χ0n) is 16.8. The Morgan fingerprint density at radius 2 is 2.00 bits per heavy atom. The summed E-state index contributed by atoms with van der Waals surface area (Å²) in [6.07, 6.45) is 3.12. The molecule has 0 aliphatic carbocycles. The molecule has 1 saturated heterocycles. The van der Waals surface area contributed by atoms with E-state index in [9.17, 15) is 0 Å². The van der Waals surface area contributed by atoms with Crippen molar-refractivity contribution in [1.29, 1.82) is 0 Å². The average molecular weight is 411 g/mol. The number of nitrogens with one attached hydrogen (secondary N) is 1. The third-order valence-corrected chi connectivity index (χ3v) is 5.32. The lowest BCUT2D eigenvalue weighted by Gasteiger charge is -2.20. The first kappa shape index (κ1) is 20.0. The lowest BCUT2D eigenvalue weighted by Crippen LogP contribution is -2.28. The van der Waals surface area contributed by atoms with Gasteiger partial charge in [-0.3, -0.25) is 4.90 Å². The second kappa shape index (κ2) is 8.99. The first-order chi connectivity index (χ1) is 14.1. The minimum Gasteiger partial charge on any atom is -0.489 e. The van der Waals surface area contributed by atoms with Crippen LogP contribution >= 0.6 is 11.6 Å². The second-order valence-corrected chi connectivity index (χ2v) is 8.07. The summed E-state index contributed by atoms with van der Waals surface area (Å²) in [5.41, 5.74) is 5.15. The van der Waals surface area contributed by atoms with E-state index in [1.54, 1.807) is 0 Å². The van der Waals surface area contributed by atoms with E-state index in [1.807, 2.05) is 37.4 Å². The Morgan fingerprint density at radius 1 is 1.17 bits per heavy atom. The van der Waals surface area contributed by atoms with Crippen LogP contribution < -0.4 is 10.1 Å². The monoisotopic (exact) mass is 410 g/mol. The van der Waals surface area contributed by atoms with Crippen molar-refractivity contribution in [3.8, 4) is 17.0 Å². The molecule has 29 heavy (non-hydrogen) atoms. The van der Waals surface area contributed by atoms with Crippen LogP contribution in [0, 0.1) is 0 Å². The first-order valence-electron chi connectivity index (χ1n) is 10.1. The van der Waals surface area contributed by atoms with Gasteiger partial charge in [-0.2, -0.15) is 0 Å². The number of rotatable bonds is 6. The summed E-state index contributed by atoms with van der Waals surface area (Å²) >= 11 is 6.30. The lowest BCUT2D eigenvalue weighted by atomic mass is 10.1. The molecule has 0 saturated carbocycles. The van der Waals surface area contributed by atoms with E-state index in [-0.39, 0.29) is 0 Å². The predicted octanol–water partition coefficient (Wildman–Crippen LogP) is 4.40. The van der Waals surface area contributed by atoms with Gasteiger partial charge in [-0.1, -0.05) is 18.2 Å². The molecule has 0 amide bonds. The largest absolute Gasteiger partial charge is 0.489 e. The van der Waals surface area contributed by atoms with Gasteiger partial charge in [-0.15, -0.1) is 0 Å². The predicted molar refractivity (Wildman–Crippen MR) is 119 cm³/mol. The van der Waals surface area contributed by atoms with Crippen molar-refractivity contribution in [2.45, 2.75) is 19.9 Å². The standard InChI is InChI=1S/C23H27ClN4O/c1-17(2)16-29-20-7-4-18(5-8-20)23-21(15-27-12-3-10-25-11-13-27)28-14-19(24)6-9-22(28)26-23/h4-9,14,25H,1,3,10-13,15-16H2,2H3. The molecule has 152 valence electrons. The van der Waals surface area contributed by atoms with Gasteiger partial charge in [0.25, 0.3) is 0 Å². The van der Waals surface area contributed by atoms with Crippen molar-refractivity contribution in [3.63, 3.8) is 0 Å². The highest BCUT2D eigenvalue weighted by atomic mass is 35.5. The van der Waals surface area contributed by atoms with Gasteiger partial charge >= 0.3 is 0 Å². The van der Waals surface area contributed by atoms with E-state index in [0.717, 1.165) is 67.4 Å². The van der Waals surface area contributed by atoms with Gasteiger partial charge in [-0.25, -0.2) is 4.98 Å². The van der Waals surface area contributed by atoms with Gasteiger partial charge in [0, 0.05) is 31.4 Å². The maximum absolute atomic E-state index is 6.30. The van der Waals surface area contributed by atoms with Crippen LogP contribution in [-0.4, -0.2) is 47.1 Å². The van der Waals surface area contributed by atoms with Crippen molar-refractivity contribution in [1.82, 2.24) is 19.6 Å². The molecule has 5 nitrogen and oxygen atoms in total. The number of fused-ring (bicyclic) bond motifs is 1. The molecular weight excluding hydrogens is 384 g/mol. The highest BCUT2D eigenvalue weighted by Crippen LogP contribution is 2.28. The molecule has 4 rings (SSSR count). The van der Waals surface area contributed by atoms with Gasteiger partial charge in [0.05, 0.1) is 16.4 Å². The molecule has 2 aromatic heterocycles. The summed E-state index contributed by atoms with van der Waals surface area (Å²) in [6.45, 7) is 11.4. The number of pyridine rings is 1. The molecule has 3 heterocycles. The van der Waals surface area contributed by atoms with E-state index in [4.69, 9.17) is 21.3 Å². The van der Waals surface area contributed by atoms with Crippen LogP contribution in [-0.2, 0) is 6.54 Å². The minimum absolute atomic E-state index is 0.528. The molecule has 0 bridgehead atoms. The van der Waals surface area contributed by atoms with Crippen molar-refractivity contribution in [3.05, 3.63) is 65.5 Å². The van der Waals surface area contributed by atoms with Gasteiger partial charge in [-0.05, 0) is 68.4 Å². The van der Waals surface area contributed by atoms with E-state index < -0.39 is 0 Å². The fourth-order valence-corrected chi connectivity index (χ4v) is 3.80. The minimum atomic E-state index is 0.528. The van der Waals surface area contributed by atoms with Crippen LogP contribution in [0.1, 0.15) is 19.0 Å². The maximum Gasteiger partial charge on any atom is 0.137 e. The van der Waals surface area contributed by atoms with Crippen molar-refractivity contribution in [2.24, 2.45) is 0 Å². The quantitative estimate of drug-likeness (QED) is 0.611. The van der Waals surface area contributed by atoms with E-state index >= 15 is 0 Å². The summed E-state index contributed by atoms with van der Waals surface area (Å²) in [5.74, 6) is 0.837. The topological polar surface area (TPSA) is 41.8 Å². The molecule has 3 aromatic rings. The number of imidazole rings is 1. The average Bonchev–Trinajstić information content (AvgIpc) is 2.88. The normalized spacial score (nSPS) is 15.4. The Morgan fingerprint density at radius 3 is 2.79 bits per heavy atom. The Balaban J connectivity index is 1.68. The molecule has 1 N–H and O–H groups in total. The number of nitrogens with zero attached hydrogens (tertiary/aromatic N) is 3. The van der Waals surface area contributed by atoms with Crippen LogP contribution in [0.25, 0.3) is 16.9 Å². The summed E-state index contributed by atoms with van der Waals surface area (Å²) in [5, 5.41) is 4.18. The molecular formula is C23H27ClN4O. The zero-order valence-corrected chi connectivity index (χ0v) is 17.6.